The summed E-state index contributed by atoms with van der Waals surface area (Å²) in [7, 11) is -3.59. The molecule has 0 amide bonds. The predicted octanol–water partition coefficient (Wildman–Crippen LogP) is 6.17. The molecule has 0 atom stereocenters. The van der Waals surface area contributed by atoms with Crippen LogP contribution in [0.15, 0.2) is 71.9 Å². The molecule has 0 aromatic heterocycles. The van der Waals surface area contributed by atoms with Gasteiger partial charge in [0.05, 0.1) is 4.90 Å². The first-order chi connectivity index (χ1) is 12.6. The Bertz CT molecular complexity index is 786. The third-order valence-electron chi connectivity index (χ3n) is 3.79. The highest BCUT2D eigenvalue weighted by Crippen LogP contribution is 2.40. The standard InChI is InChI=1S/C13H17NO2S.C7H9F.C2H6/c1-13(2)8-7-11(9-13)10-3-5-12(6-4-10)17(14,15)16;1-3-5-6-7(8)4-2;1-2/h3-7H,8-9H2,1-2H3,(H2,14,15,16);3-6H,1H2,2H3;1-2H3/b;6-5-,7-4+;. The number of hydrogen-bond donors (Lipinski definition) is 1. The minimum Gasteiger partial charge on any atom is -0.225 e. The summed E-state index contributed by atoms with van der Waals surface area (Å²) in [6.07, 6.45) is 10.2. The van der Waals surface area contributed by atoms with Gasteiger partial charge in [0.15, 0.2) is 0 Å². The van der Waals surface area contributed by atoms with Crippen LogP contribution in [0, 0.1) is 5.41 Å². The van der Waals surface area contributed by atoms with Crippen molar-refractivity contribution in [3.05, 3.63) is 72.6 Å². The monoisotopic (exact) mass is 393 g/mol. The van der Waals surface area contributed by atoms with E-state index in [1.165, 1.54) is 23.8 Å². The van der Waals surface area contributed by atoms with Gasteiger partial charge in [-0.05, 0) is 54.5 Å². The third kappa shape index (κ3) is 9.50. The molecule has 5 heteroatoms. The fourth-order valence-corrected chi connectivity index (χ4v) is 2.91. The lowest BCUT2D eigenvalue weighted by molar-refractivity contribution is 0.403. The van der Waals surface area contributed by atoms with E-state index in [0.717, 1.165) is 18.4 Å². The molecular weight excluding hydrogens is 361 g/mol. The quantitative estimate of drug-likeness (QED) is 0.622. The van der Waals surface area contributed by atoms with E-state index in [2.05, 4.69) is 26.5 Å². The first kappa shape index (κ1) is 25.0. The SMILES string of the molecule is C=C/C=C\C(F)=C/C.CC.CC1(C)CC=C(c2ccc(S(N)(=O)=O)cc2)C1. The van der Waals surface area contributed by atoms with Gasteiger partial charge in [-0.3, -0.25) is 0 Å². The summed E-state index contributed by atoms with van der Waals surface area (Å²) >= 11 is 0. The molecule has 0 radical (unpaired) electrons. The largest absolute Gasteiger partial charge is 0.238 e. The second-order valence-corrected chi connectivity index (χ2v) is 8.17. The molecule has 0 fully saturated rings. The molecule has 0 saturated heterocycles. The minimum atomic E-state index is -3.59. The van der Waals surface area contributed by atoms with Crippen molar-refractivity contribution in [2.75, 3.05) is 0 Å². The van der Waals surface area contributed by atoms with Crippen LogP contribution in [-0.4, -0.2) is 8.42 Å². The lowest BCUT2D eigenvalue weighted by Crippen LogP contribution is -2.11. The third-order valence-corrected chi connectivity index (χ3v) is 4.72. The highest BCUT2D eigenvalue weighted by molar-refractivity contribution is 7.89. The Morgan fingerprint density at radius 1 is 1.22 bits per heavy atom. The summed E-state index contributed by atoms with van der Waals surface area (Å²) in [4.78, 5) is 0.166. The average molecular weight is 394 g/mol. The summed E-state index contributed by atoms with van der Waals surface area (Å²) in [6, 6.07) is 6.79. The van der Waals surface area contributed by atoms with E-state index in [4.69, 9.17) is 5.14 Å². The van der Waals surface area contributed by atoms with Crippen molar-refractivity contribution in [2.45, 2.75) is 52.4 Å². The van der Waals surface area contributed by atoms with Gasteiger partial charge in [0.2, 0.25) is 10.0 Å². The molecule has 0 heterocycles. The summed E-state index contributed by atoms with van der Waals surface area (Å²) < 4.78 is 34.3. The van der Waals surface area contributed by atoms with Crippen molar-refractivity contribution in [1.82, 2.24) is 0 Å². The molecule has 1 aliphatic rings. The van der Waals surface area contributed by atoms with Gasteiger partial charge in [0.1, 0.15) is 5.83 Å². The van der Waals surface area contributed by atoms with Gasteiger partial charge < -0.3 is 0 Å². The maximum Gasteiger partial charge on any atom is 0.238 e. The van der Waals surface area contributed by atoms with Crippen LogP contribution in [0.25, 0.3) is 5.57 Å². The fraction of sp³-hybridized carbons (Fsp3) is 0.364. The second kappa shape index (κ2) is 11.7. The Hall–Kier alpha value is -1.98. The normalized spacial score (nSPS) is 16.0. The van der Waals surface area contributed by atoms with Gasteiger partial charge in [-0.1, -0.05) is 70.7 Å². The van der Waals surface area contributed by atoms with E-state index in [0.29, 0.717) is 5.41 Å². The Morgan fingerprint density at radius 2 is 1.78 bits per heavy atom. The van der Waals surface area contributed by atoms with E-state index in [-0.39, 0.29) is 10.7 Å². The van der Waals surface area contributed by atoms with Gasteiger partial charge in [0.25, 0.3) is 0 Å². The second-order valence-electron chi connectivity index (χ2n) is 6.61. The highest BCUT2D eigenvalue weighted by Gasteiger charge is 2.25. The number of rotatable bonds is 4. The van der Waals surface area contributed by atoms with E-state index >= 15 is 0 Å². The van der Waals surface area contributed by atoms with Crippen LogP contribution in [-0.2, 0) is 10.0 Å². The van der Waals surface area contributed by atoms with Crippen molar-refractivity contribution in [3.8, 4) is 0 Å². The van der Waals surface area contributed by atoms with Crippen LogP contribution >= 0.6 is 0 Å². The summed E-state index contributed by atoms with van der Waals surface area (Å²) in [5, 5.41) is 5.06. The molecule has 150 valence electrons. The van der Waals surface area contributed by atoms with Crippen LogP contribution in [0.3, 0.4) is 0 Å². The molecule has 0 bridgehead atoms. The lowest BCUT2D eigenvalue weighted by Gasteiger charge is -2.16. The maximum absolute atomic E-state index is 12.0. The zero-order valence-corrected chi connectivity index (χ0v) is 17.8. The molecule has 2 rings (SSSR count). The molecular formula is C22H32FNO2S. The molecule has 3 nitrogen and oxygen atoms in total. The first-order valence-electron chi connectivity index (χ1n) is 9.02. The molecule has 0 saturated carbocycles. The van der Waals surface area contributed by atoms with Crippen LogP contribution in [0.4, 0.5) is 4.39 Å². The number of hydrogen-bond acceptors (Lipinski definition) is 2. The summed E-state index contributed by atoms with van der Waals surface area (Å²) in [5.41, 5.74) is 2.69. The summed E-state index contributed by atoms with van der Waals surface area (Å²) in [6.45, 7) is 13.5. The average Bonchev–Trinajstić information content (AvgIpc) is 3.01. The maximum atomic E-state index is 12.0. The number of allylic oxidation sites excluding steroid dienone is 7. The van der Waals surface area contributed by atoms with Gasteiger partial charge in [-0.25, -0.2) is 17.9 Å². The number of nitrogens with two attached hydrogens (primary N) is 1. The van der Waals surface area contributed by atoms with Crippen LogP contribution in [0.1, 0.15) is 53.0 Å². The van der Waals surface area contributed by atoms with Crippen molar-refractivity contribution in [1.29, 1.82) is 0 Å². The topological polar surface area (TPSA) is 60.2 Å². The molecule has 1 aliphatic carbocycles. The van der Waals surface area contributed by atoms with Gasteiger partial charge >= 0.3 is 0 Å². The van der Waals surface area contributed by atoms with E-state index in [9.17, 15) is 12.8 Å². The predicted molar refractivity (Wildman–Crippen MR) is 114 cm³/mol. The number of benzene rings is 1. The molecule has 0 aliphatic heterocycles. The van der Waals surface area contributed by atoms with E-state index in [1.54, 1.807) is 25.1 Å². The molecule has 0 spiro atoms. The zero-order valence-electron chi connectivity index (χ0n) is 17.0. The van der Waals surface area contributed by atoms with Crippen LogP contribution in [0.2, 0.25) is 0 Å². The van der Waals surface area contributed by atoms with Gasteiger partial charge in [-0.15, -0.1) is 0 Å². The van der Waals surface area contributed by atoms with Crippen molar-refractivity contribution in [2.24, 2.45) is 10.6 Å². The Balaban J connectivity index is 0.000000574. The van der Waals surface area contributed by atoms with Crippen LogP contribution < -0.4 is 5.14 Å². The molecule has 27 heavy (non-hydrogen) atoms. The Kier molecular flexibility index (Phi) is 10.8. The van der Waals surface area contributed by atoms with Crippen LogP contribution in [0.5, 0.6) is 0 Å². The van der Waals surface area contributed by atoms with Crippen molar-refractivity contribution >= 4 is 15.6 Å². The van der Waals surface area contributed by atoms with E-state index in [1.807, 2.05) is 26.0 Å². The molecule has 2 N–H and O–H groups in total. The summed E-state index contributed by atoms with van der Waals surface area (Å²) in [5.74, 6) is -0.232. The number of sulfonamides is 1. The van der Waals surface area contributed by atoms with Gasteiger partial charge in [-0.2, -0.15) is 0 Å². The lowest BCUT2D eigenvalue weighted by atomic mass is 9.88. The van der Waals surface area contributed by atoms with Crippen molar-refractivity contribution in [3.63, 3.8) is 0 Å². The molecule has 0 unspecified atom stereocenters. The fourth-order valence-electron chi connectivity index (χ4n) is 2.39. The smallest absolute Gasteiger partial charge is 0.225 e. The van der Waals surface area contributed by atoms with E-state index < -0.39 is 10.0 Å². The zero-order chi connectivity index (χ0) is 21.1. The van der Waals surface area contributed by atoms with Crippen molar-refractivity contribution < 1.29 is 12.8 Å². The Morgan fingerprint density at radius 3 is 2.15 bits per heavy atom. The number of halogens is 1. The Labute approximate surface area is 164 Å². The minimum absolute atomic E-state index is 0.166. The van der Waals surface area contributed by atoms with Gasteiger partial charge in [0, 0.05) is 0 Å². The highest BCUT2D eigenvalue weighted by atomic mass is 32.2. The molecule has 1 aromatic rings. The molecule has 1 aromatic carbocycles. The first-order valence-corrected chi connectivity index (χ1v) is 10.6. The number of primary sulfonamides is 1.